The van der Waals surface area contributed by atoms with Gasteiger partial charge in [-0.1, -0.05) is 146 Å². The summed E-state index contributed by atoms with van der Waals surface area (Å²) in [5, 5.41) is 0. The smallest absolute Gasteiger partial charge is 0.419 e. The first-order valence-electron chi connectivity index (χ1n) is 17.5. The van der Waals surface area contributed by atoms with Crippen molar-refractivity contribution in [1.29, 1.82) is 0 Å². The van der Waals surface area contributed by atoms with Crippen LogP contribution in [0.4, 0.5) is 0 Å². The van der Waals surface area contributed by atoms with Crippen molar-refractivity contribution >= 4 is 24.4 Å². The van der Waals surface area contributed by atoms with Gasteiger partial charge in [-0.3, -0.25) is 0 Å². The normalized spacial score (nSPS) is 13.7. The number of rotatable bonds is 11. The zero-order chi connectivity index (χ0) is 37.2. The summed E-state index contributed by atoms with van der Waals surface area (Å²) in [6.45, 7) is 0.851. The van der Waals surface area contributed by atoms with E-state index in [9.17, 15) is 19.2 Å². The summed E-state index contributed by atoms with van der Waals surface area (Å²) in [6, 6.07) is 44.8. The van der Waals surface area contributed by atoms with Crippen LogP contribution >= 0.6 is 0 Å². The molecule has 0 saturated heterocycles. The number of hydrogen-bond acceptors (Lipinski definition) is 8. The van der Waals surface area contributed by atoms with E-state index in [0.29, 0.717) is 11.1 Å². The van der Waals surface area contributed by atoms with Gasteiger partial charge in [0.05, 0.1) is 12.7 Å². The van der Waals surface area contributed by atoms with Gasteiger partial charge in [-0.25, -0.2) is 19.2 Å². The molecule has 6 aromatic carbocycles. The Kier molecular flexibility index (Phi) is 9.09. The maximum atomic E-state index is 14.8. The van der Waals surface area contributed by atoms with Crippen molar-refractivity contribution < 1.29 is 38.1 Å². The van der Waals surface area contributed by atoms with E-state index in [1.807, 2.05) is 103 Å². The average Bonchev–Trinajstić information content (AvgIpc) is 3.73. The second-order valence-electron chi connectivity index (χ2n) is 13.1. The lowest BCUT2D eigenvalue weighted by molar-refractivity contribution is -0.184. The second kappa shape index (κ2) is 14.3. The molecule has 0 aromatic heterocycles. The second-order valence-corrected chi connectivity index (χ2v) is 13.1. The zero-order valence-electron chi connectivity index (χ0n) is 29.2. The molecule has 0 amide bonds. The first-order chi connectivity index (χ1) is 26.5. The number of benzene rings is 6. The minimum Gasteiger partial charge on any atom is -0.465 e. The Labute approximate surface area is 311 Å². The van der Waals surface area contributed by atoms with Crippen LogP contribution in [-0.2, 0) is 45.5 Å². The Morgan fingerprint density at radius 2 is 1.06 bits per heavy atom. The molecule has 2 aliphatic rings. The van der Waals surface area contributed by atoms with Crippen molar-refractivity contribution in [3.8, 4) is 22.3 Å². The third-order valence-corrected chi connectivity index (χ3v) is 10.3. The predicted octanol–water partition coefficient (Wildman–Crippen LogP) is 8.01. The van der Waals surface area contributed by atoms with E-state index in [4.69, 9.17) is 18.9 Å². The minimum atomic E-state index is -2.91. The van der Waals surface area contributed by atoms with Gasteiger partial charge in [0.2, 0.25) is 0 Å². The summed E-state index contributed by atoms with van der Waals surface area (Å²) in [5.74, 6) is -4.27. The molecule has 0 heterocycles. The summed E-state index contributed by atoms with van der Waals surface area (Å²) in [4.78, 5) is 55.9. The minimum absolute atomic E-state index is 0.142. The first-order valence-corrected chi connectivity index (χ1v) is 17.5. The van der Waals surface area contributed by atoms with Gasteiger partial charge >= 0.3 is 30.0 Å². The third kappa shape index (κ3) is 5.63. The zero-order valence-corrected chi connectivity index (χ0v) is 29.2. The quantitative estimate of drug-likeness (QED) is 0.0755. The van der Waals surface area contributed by atoms with Gasteiger partial charge in [0.15, 0.2) is 0 Å². The van der Waals surface area contributed by atoms with Gasteiger partial charge in [-0.05, 0) is 55.6 Å². The number of carbonyl (C=O) groups excluding carboxylic acids is 4. The highest BCUT2D eigenvalue weighted by Crippen LogP contribution is 2.50. The maximum Gasteiger partial charge on any atom is 0.419 e. The summed E-state index contributed by atoms with van der Waals surface area (Å²) in [5.41, 5.74) is 5.34. The monoisotopic (exact) mass is 713 g/mol. The summed E-state index contributed by atoms with van der Waals surface area (Å²) in [7, 11) is 1.20. The topological polar surface area (TPSA) is 105 Å². The van der Waals surface area contributed by atoms with Crippen molar-refractivity contribution in [2.24, 2.45) is 0 Å². The summed E-state index contributed by atoms with van der Waals surface area (Å²) >= 11 is 0. The van der Waals surface area contributed by atoms with Crippen molar-refractivity contribution in [2.45, 2.75) is 24.0 Å². The first kappa shape index (κ1) is 34.3. The van der Waals surface area contributed by atoms with Gasteiger partial charge < -0.3 is 18.9 Å². The van der Waals surface area contributed by atoms with Crippen molar-refractivity contribution in [3.05, 3.63) is 190 Å². The molecule has 8 nitrogen and oxygen atoms in total. The lowest BCUT2D eigenvalue weighted by atomic mass is 9.80. The van der Waals surface area contributed by atoms with E-state index in [0.717, 1.165) is 44.5 Å². The number of esters is 3. The Morgan fingerprint density at radius 1 is 0.574 bits per heavy atom. The molecule has 0 N–H and O–H groups in total. The highest BCUT2D eigenvalue weighted by molar-refractivity contribution is 6.09. The third-order valence-electron chi connectivity index (χ3n) is 10.3. The van der Waals surface area contributed by atoms with E-state index in [-0.39, 0.29) is 24.3 Å². The van der Waals surface area contributed by atoms with Crippen LogP contribution in [-0.4, -0.2) is 38.1 Å². The van der Waals surface area contributed by atoms with Gasteiger partial charge in [0, 0.05) is 17.4 Å². The van der Waals surface area contributed by atoms with Gasteiger partial charge in [0.1, 0.15) is 13.2 Å². The van der Waals surface area contributed by atoms with Crippen LogP contribution in [0.3, 0.4) is 0 Å². The van der Waals surface area contributed by atoms with Crippen LogP contribution in [0.1, 0.15) is 61.1 Å². The molecule has 6 aromatic rings. The molecule has 265 valence electrons. The van der Waals surface area contributed by atoms with Crippen molar-refractivity contribution in [2.75, 3.05) is 13.7 Å². The highest BCUT2D eigenvalue weighted by atomic mass is 16.6. The Balaban J connectivity index is 1.28. The van der Waals surface area contributed by atoms with Gasteiger partial charge in [-0.15, -0.1) is 0 Å². The van der Waals surface area contributed by atoms with E-state index in [2.05, 4.69) is 0 Å². The fourth-order valence-corrected chi connectivity index (χ4v) is 7.95. The SMILES string of the molecule is COC(=O)c1c(C2c3ccccc3-c3ccccc32)cccc1C(O[C]=O)(C(=O)OCc1ccccc1)C(=O)OCC1c2ccccc2-c2ccccc21. The van der Waals surface area contributed by atoms with E-state index < -0.39 is 35.3 Å². The number of hydrogen-bond donors (Lipinski definition) is 0. The maximum absolute atomic E-state index is 14.8. The molecule has 8 rings (SSSR count). The van der Waals surface area contributed by atoms with E-state index in [1.54, 1.807) is 36.4 Å². The van der Waals surface area contributed by atoms with Crippen molar-refractivity contribution in [1.82, 2.24) is 0 Å². The molecule has 8 heteroatoms. The van der Waals surface area contributed by atoms with Crippen LogP contribution in [0.15, 0.2) is 146 Å². The standard InChI is InChI=1S/C46H33O8/c1-51-43(48)42-38(41-36-22-11-9-18-32(36)33-19-10-12-23-37(33)41)24-13-25-40(42)46(54-28-47,44(49)52-26-29-14-3-2-4-15-29)45(50)53-27-39-34-20-7-5-16-30(34)31-17-6-8-21-35(31)39/h2-25,39,41H,26-27H2,1H3. The molecular formula is C46H33O8. The largest absolute Gasteiger partial charge is 0.465 e. The van der Waals surface area contributed by atoms with Gasteiger partial charge in [0.25, 0.3) is 0 Å². The molecule has 0 aliphatic heterocycles. The van der Waals surface area contributed by atoms with Crippen LogP contribution in [0.5, 0.6) is 0 Å². The number of methoxy groups -OCH3 is 1. The van der Waals surface area contributed by atoms with Crippen LogP contribution in [0.25, 0.3) is 22.3 Å². The molecular weight excluding hydrogens is 680 g/mol. The molecule has 54 heavy (non-hydrogen) atoms. The molecule has 0 bridgehead atoms. The number of ether oxygens (including phenoxy) is 4. The molecule has 0 spiro atoms. The Bertz CT molecular complexity index is 2330. The number of fused-ring (bicyclic) bond motifs is 6. The molecule has 1 unspecified atom stereocenters. The molecule has 0 saturated carbocycles. The van der Waals surface area contributed by atoms with E-state index >= 15 is 0 Å². The van der Waals surface area contributed by atoms with Crippen LogP contribution in [0.2, 0.25) is 0 Å². The Hall–Kier alpha value is -6.80. The summed E-state index contributed by atoms with van der Waals surface area (Å²) in [6.07, 6.45) is 0. The molecule has 1 radical (unpaired) electrons. The molecule has 0 fully saturated rings. The van der Waals surface area contributed by atoms with Crippen LogP contribution < -0.4 is 0 Å². The number of carbonyl (C=O) groups is 3. The van der Waals surface area contributed by atoms with Gasteiger partial charge in [-0.2, -0.15) is 0 Å². The fraction of sp³-hybridized carbons (Fsp3) is 0.130. The molecule has 1 atom stereocenters. The lowest BCUT2D eigenvalue weighted by Crippen LogP contribution is -2.49. The average molecular weight is 714 g/mol. The molecule has 2 aliphatic carbocycles. The highest BCUT2D eigenvalue weighted by Gasteiger charge is 2.57. The Morgan fingerprint density at radius 3 is 1.61 bits per heavy atom. The van der Waals surface area contributed by atoms with Crippen LogP contribution in [0, 0.1) is 0 Å². The van der Waals surface area contributed by atoms with E-state index in [1.165, 1.54) is 19.6 Å². The summed E-state index contributed by atoms with van der Waals surface area (Å²) < 4.78 is 22.6. The fourth-order valence-electron chi connectivity index (χ4n) is 7.95. The lowest BCUT2D eigenvalue weighted by Gasteiger charge is -2.31. The van der Waals surface area contributed by atoms with Crippen molar-refractivity contribution in [3.63, 3.8) is 0 Å². The predicted molar refractivity (Wildman–Crippen MR) is 200 cm³/mol.